The Morgan fingerprint density at radius 2 is 1.78 bits per heavy atom. The zero-order chi connectivity index (χ0) is 12.1. The van der Waals surface area contributed by atoms with Crippen molar-refractivity contribution in [2.24, 2.45) is 0 Å². The summed E-state index contributed by atoms with van der Waals surface area (Å²) in [7, 11) is 0. The van der Waals surface area contributed by atoms with Gasteiger partial charge in [-0.1, -0.05) is 24.3 Å². The molecule has 0 aliphatic carbocycles. The largest absolute Gasteiger partial charge is 0.321 e. The van der Waals surface area contributed by atoms with E-state index in [4.69, 9.17) is 0 Å². The molecular formula is C14H9N3O. The molecule has 3 aromatic rings. The van der Waals surface area contributed by atoms with Crippen molar-refractivity contribution in [3.05, 3.63) is 48.0 Å². The van der Waals surface area contributed by atoms with Crippen molar-refractivity contribution in [1.29, 1.82) is 0 Å². The minimum atomic E-state index is -0.0896. The topological polar surface area (TPSA) is 57.8 Å². The molecule has 1 aromatic heterocycles. The lowest BCUT2D eigenvalue weighted by Gasteiger charge is -2.05. The van der Waals surface area contributed by atoms with Crippen molar-refractivity contribution in [3.8, 4) is 11.3 Å². The van der Waals surface area contributed by atoms with Crippen molar-refractivity contribution in [1.82, 2.24) is 10.2 Å². The van der Waals surface area contributed by atoms with Gasteiger partial charge in [0.2, 0.25) is 0 Å². The Balaban J connectivity index is 2.21. The number of nitrogens with one attached hydrogen (secondary N) is 2. The van der Waals surface area contributed by atoms with Gasteiger partial charge in [-0.05, 0) is 18.2 Å². The number of hydrogen-bond acceptors (Lipinski definition) is 2. The zero-order valence-electron chi connectivity index (χ0n) is 9.40. The smallest absolute Gasteiger partial charge is 0.256 e. The Kier molecular flexibility index (Phi) is 1.67. The third kappa shape index (κ3) is 1.09. The maximum Gasteiger partial charge on any atom is 0.256 e. The molecule has 4 rings (SSSR count). The Hall–Kier alpha value is -2.62. The van der Waals surface area contributed by atoms with E-state index in [1.54, 1.807) is 0 Å². The molecule has 0 spiro atoms. The van der Waals surface area contributed by atoms with Crippen LogP contribution in [0.1, 0.15) is 10.4 Å². The molecule has 18 heavy (non-hydrogen) atoms. The molecule has 0 saturated carbocycles. The molecule has 0 bridgehead atoms. The highest BCUT2D eigenvalue weighted by Crippen LogP contribution is 2.36. The van der Waals surface area contributed by atoms with Gasteiger partial charge in [-0.25, -0.2) is 0 Å². The van der Waals surface area contributed by atoms with Gasteiger partial charge in [0.05, 0.1) is 16.8 Å². The van der Waals surface area contributed by atoms with Crippen molar-refractivity contribution in [2.75, 3.05) is 5.32 Å². The molecule has 2 aromatic carbocycles. The molecule has 4 nitrogen and oxygen atoms in total. The van der Waals surface area contributed by atoms with E-state index in [2.05, 4.69) is 15.5 Å². The molecule has 0 radical (unpaired) electrons. The van der Waals surface area contributed by atoms with E-state index < -0.39 is 0 Å². The van der Waals surface area contributed by atoms with Gasteiger partial charge >= 0.3 is 0 Å². The lowest BCUT2D eigenvalue weighted by atomic mass is 10.0. The Morgan fingerprint density at radius 3 is 2.72 bits per heavy atom. The van der Waals surface area contributed by atoms with Gasteiger partial charge in [0.25, 0.3) is 5.91 Å². The fraction of sp³-hybridized carbons (Fsp3) is 0. The number of rotatable bonds is 0. The number of anilines is 1. The first kappa shape index (κ1) is 9.41. The second-order valence-electron chi connectivity index (χ2n) is 4.30. The summed E-state index contributed by atoms with van der Waals surface area (Å²) in [6, 6.07) is 13.3. The third-order valence-corrected chi connectivity index (χ3v) is 3.26. The van der Waals surface area contributed by atoms with E-state index in [0.717, 1.165) is 27.8 Å². The van der Waals surface area contributed by atoms with Crippen molar-refractivity contribution in [3.63, 3.8) is 0 Å². The van der Waals surface area contributed by atoms with E-state index in [9.17, 15) is 4.79 Å². The Bertz CT molecular complexity index is 789. The average molecular weight is 235 g/mol. The van der Waals surface area contributed by atoms with E-state index >= 15 is 0 Å². The van der Waals surface area contributed by atoms with Gasteiger partial charge in [-0.3, -0.25) is 9.89 Å². The predicted molar refractivity (Wildman–Crippen MR) is 69.5 cm³/mol. The molecule has 86 valence electrons. The standard InChI is InChI=1S/C14H9N3O/c18-14-9-5-3-7-11-12(9)13(17-16-11)8-4-1-2-6-10(8)15-14/h1-7H,(H,15,18)(H,16,17). The van der Waals surface area contributed by atoms with Gasteiger partial charge < -0.3 is 5.32 Å². The maximum absolute atomic E-state index is 12.2. The fourth-order valence-electron chi connectivity index (χ4n) is 2.45. The molecular weight excluding hydrogens is 226 g/mol. The van der Waals surface area contributed by atoms with E-state index in [1.807, 2.05) is 42.5 Å². The number of nitrogens with zero attached hydrogens (tertiary/aromatic N) is 1. The number of aromatic nitrogens is 2. The number of carbonyl (C=O) groups excluding carboxylic acids is 1. The van der Waals surface area contributed by atoms with Gasteiger partial charge in [0, 0.05) is 10.9 Å². The monoisotopic (exact) mass is 235 g/mol. The van der Waals surface area contributed by atoms with Crippen LogP contribution in [-0.4, -0.2) is 16.1 Å². The third-order valence-electron chi connectivity index (χ3n) is 3.26. The lowest BCUT2D eigenvalue weighted by Crippen LogP contribution is -2.10. The van der Waals surface area contributed by atoms with Crippen LogP contribution < -0.4 is 5.32 Å². The van der Waals surface area contributed by atoms with E-state index in [0.29, 0.717) is 5.56 Å². The van der Waals surface area contributed by atoms with Crippen molar-refractivity contribution < 1.29 is 4.79 Å². The minimum absolute atomic E-state index is 0.0896. The molecule has 1 aliphatic heterocycles. The average Bonchev–Trinajstić information content (AvgIpc) is 2.77. The van der Waals surface area contributed by atoms with Crippen LogP contribution in [-0.2, 0) is 0 Å². The molecule has 1 aliphatic rings. The molecule has 2 heterocycles. The van der Waals surface area contributed by atoms with Gasteiger partial charge in [-0.2, -0.15) is 5.10 Å². The molecule has 0 saturated heterocycles. The Morgan fingerprint density at radius 1 is 0.944 bits per heavy atom. The normalized spacial score (nSPS) is 13.0. The predicted octanol–water partition coefficient (Wildman–Crippen LogP) is 2.80. The van der Waals surface area contributed by atoms with Crippen LogP contribution in [0.4, 0.5) is 5.69 Å². The minimum Gasteiger partial charge on any atom is -0.321 e. The van der Waals surface area contributed by atoms with E-state index in [1.165, 1.54) is 0 Å². The lowest BCUT2D eigenvalue weighted by molar-refractivity contribution is 0.102. The van der Waals surface area contributed by atoms with Crippen LogP contribution in [0.25, 0.3) is 22.2 Å². The number of aromatic amines is 1. The van der Waals surface area contributed by atoms with Crippen LogP contribution in [0.5, 0.6) is 0 Å². The molecule has 0 unspecified atom stereocenters. The van der Waals surface area contributed by atoms with Crippen LogP contribution >= 0.6 is 0 Å². The summed E-state index contributed by atoms with van der Waals surface area (Å²) in [6.45, 7) is 0. The first-order valence-electron chi connectivity index (χ1n) is 5.72. The number of amides is 1. The summed E-state index contributed by atoms with van der Waals surface area (Å²) in [6.07, 6.45) is 0. The highest BCUT2D eigenvalue weighted by atomic mass is 16.1. The van der Waals surface area contributed by atoms with E-state index in [-0.39, 0.29) is 5.91 Å². The summed E-state index contributed by atoms with van der Waals surface area (Å²) < 4.78 is 0. The van der Waals surface area contributed by atoms with Crippen molar-refractivity contribution >= 4 is 22.5 Å². The number of hydrogen-bond donors (Lipinski definition) is 2. The number of H-pyrrole nitrogens is 1. The summed E-state index contributed by atoms with van der Waals surface area (Å²) in [5, 5.41) is 11.1. The molecule has 1 amide bonds. The SMILES string of the molecule is O=C1Nc2ccccc2-c2n[nH]c3cccc1c23. The van der Waals surface area contributed by atoms with Gasteiger partial charge in [0.15, 0.2) is 0 Å². The number of carbonyl (C=O) groups is 1. The fourth-order valence-corrected chi connectivity index (χ4v) is 2.45. The molecule has 0 atom stereocenters. The second-order valence-corrected chi connectivity index (χ2v) is 4.30. The Labute approximate surface area is 103 Å². The maximum atomic E-state index is 12.2. The molecule has 2 N–H and O–H groups in total. The quantitative estimate of drug-likeness (QED) is 0.629. The van der Waals surface area contributed by atoms with Crippen LogP contribution in [0.2, 0.25) is 0 Å². The number of para-hydroxylation sites is 1. The zero-order valence-corrected chi connectivity index (χ0v) is 9.40. The highest BCUT2D eigenvalue weighted by Gasteiger charge is 2.22. The summed E-state index contributed by atoms with van der Waals surface area (Å²) >= 11 is 0. The molecule has 0 fully saturated rings. The van der Waals surface area contributed by atoms with Gasteiger partial charge in [0.1, 0.15) is 5.69 Å². The summed E-state index contributed by atoms with van der Waals surface area (Å²) in [4.78, 5) is 12.2. The summed E-state index contributed by atoms with van der Waals surface area (Å²) in [5.74, 6) is -0.0896. The van der Waals surface area contributed by atoms with Crippen LogP contribution in [0.3, 0.4) is 0 Å². The summed E-state index contributed by atoms with van der Waals surface area (Å²) in [5.41, 5.74) is 4.12. The van der Waals surface area contributed by atoms with Crippen LogP contribution in [0.15, 0.2) is 42.5 Å². The first-order valence-corrected chi connectivity index (χ1v) is 5.72. The van der Waals surface area contributed by atoms with Crippen LogP contribution in [0, 0.1) is 0 Å². The van der Waals surface area contributed by atoms with Crippen molar-refractivity contribution in [2.45, 2.75) is 0 Å². The number of fused-ring (bicyclic) bond motifs is 2. The second kappa shape index (κ2) is 3.20. The van der Waals surface area contributed by atoms with Gasteiger partial charge in [-0.15, -0.1) is 0 Å². The first-order chi connectivity index (χ1) is 8.84. The highest BCUT2D eigenvalue weighted by molar-refractivity contribution is 6.19. The molecule has 4 heteroatoms. The number of benzene rings is 2.